The van der Waals surface area contributed by atoms with Gasteiger partial charge in [0.2, 0.25) is 5.91 Å². The second-order valence-electron chi connectivity index (χ2n) is 6.54. The van der Waals surface area contributed by atoms with Gasteiger partial charge in [0.25, 0.3) is 0 Å². The van der Waals surface area contributed by atoms with Gasteiger partial charge in [-0.1, -0.05) is 18.2 Å². The zero-order valence-corrected chi connectivity index (χ0v) is 15.5. The van der Waals surface area contributed by atoms with E-state index in [1.54, 1.807) is 30.3 Å². The van der Waals surface area contributed by atoms with Gasteiger partial charge in [-0.05, 0) is 12.1 Å². The average molecular weight is 409 g/mol. The lowest BCUT2D eigenvalue weighted by Crippen LogP contribution is -2.75. The number of nitrogens with two attached hydrogens (primary N) is 2. The van der Waals surface area contributed by atoms with Crippen LogP contribution in [0.25, 0.3) is 0 Å². The number of ketones is 1. The number of primary amides is 1. The van der Waals surface area contributed by atoms with Crippen LogP contribution >= 0.6 is 11.8 Å². The Bertz CT molecular complexity index is 805. The maximum Gasteiger partial charge on any atom is 0.404 e. The lowest BCUT2D eigenvalue weighted by atomic mass is 9.80. The molecule has 2 heterocycles. The highest BCUT2D eigenvalue weighted by atomic mass is 32.2. The van der Waals surface area contributed by atoms with Crippen molar-refractivity contribution in [1.82, 2.24) is 4.90 Å². The molecule has 0 bridgehead atoms. The van der Waals surface area contributed by atoms with Crippen molar-refractivity contribution in [2.75, 3.05) is 19.8 Å². The molecule has 2 aliphatic rings. The van der Waals surface area contributed by atoms with Gasteiger partial charge in [-0.3, -0.25) is 14.4 Å². The molecule has 0 aliphatic carbocycles. The second kappa shape index (κ2) is 7.68. The van der Waals surface area contributed by atoms with Crippen LogP contribution in [0.1, 0.15) is 0 Å². The van der Waals surface area contributed by atoms with Crippen LogP contribution in [0.4, 0.5) is 4.79 Å². The van der Waals surface area contributed by atoms with Crippen molar-refractivity contribution in [2.24, 2.45) is 16.9 Å². The van der Waals surface area contributed by atoms with Crippen LogP contribution in [0, 0.1) is 5.41 Å². The van der Waals surface area contributed by atoms with Gasteiger partial charge in [-0.25, -0.2) is 4.79 Å². The standard InChI is InChI=1S/C17H19N3O7S/c18-11-13(22)20-7-17(15(23)24,8-27-16(19)25)12(28-14(11)20)10(21)6-26-9-4-2-1-3-5-9/h1-5,11-12,14H,6-8,18H2,(H2,19,25)(H,23,24)/t11?,12?,14-,17?/m1/s1. The Morgan fingerprint density at radius 1 is 1.29 bits per heavy atom. The van der Waals surface area contributed by atoms with E-state index in [2.05, 4.69) is 0 Å². The first-order valence-corrected chi connectivity index (χ1v) is 9.28. The molecule has 2 aliphatic heterocycles. The van der Waals surface area contributed by atoms with Gasteiger partial charge >= 0.3 is 12.1 Å². The Morgan fingerprint density at radius 2 is 1.96 bits per heavy atom. The van der Waals surface area contributed by atoms with Crippen LogP contribution < -0.4 is 16.2 Å². The van der Waals surface area contributed by atoms with Gasteiger partial charge in [0, 0.05) is 6.54 Å². The number of para-hydroxylation sites is 1. The third kappa shape index (κ3) is 3.50. The van der Waals surface area contributed by atoms with Crippen molar-refractivity contribution in [1.29, 1.82) is 0 Å². The number of hydrogen-bond acceptors (Lipinski definition) is 8. The minimum absolute atomic E-state index is 0.318. The topological polar surface area (TPSA) is 162 Å². The number of fused-ring (bicyclic) bond motifs is 1. The van der Waals surface area contributed by atoms with E-state index in [4.69, 9.17) is 20.9 Å². The normalized spacial score (nSPS) is 28.7. The number of ether oxygens (including phenoxy) is 2. The number of Topliss-reactive ketones (excluding diaryl/α,β-unsaturated/α-hetero) is 1. The Hall–Kier alpha value is -2.79. The second-order valence-corrected chi connectivity index (χ2v) is 7.76. The van der Waals surface area contributed by atoms with Gasteiger partial charge in [0.15, 0.2) is 5.78 Å². The predicted octanol–water partition coefficient (Wildman–Crippen LogP) is -0.588. The minimum Gasteiger partial charge on any atom is -0.486 e. The van der Waals surface area contributed by atoms with E-state index in [9.17, 15) is 24.3 Å². The molecule has 150 valence electrons. The minimum atomic E-state index is -1.86. The summed E-state index contributed by atoms with van der Waals surface area (Å²) in [6.45, 7) is -1.36. The zero-order chi connectivity index (χ0) is 20.5. The number of aliphatic carboxylic acids is 1. The number of β-lactam (4-membered cyclic amide) rings is 1. The van der Waals surface area contributed by atoms with E-state index in [1.165, 1.54) is 4.90 Å². The monoisotopic (exact) mass is 409 g/mol. The van der Waals surface area contributed by atoms with Crippen molar-refractivity contribution in [3.8, 4) is 5.75 Å². The van der Waals surface area contributed by atoms with Crippen LogP contribution in [0.3, 0.4) is 0 Å². The molecular formula is C17H19N3O7S. The van der Waals surface area contributed by atoms with E-state index < -0.39 is 52.4 Å². The molecule has 3 unspecified atom stereocenters. The van der Waals surface area contributed by atoms with E-state index in [-0.39, 0.29) is 13.2 Å². The van der Waals surface area contributed by atoms with Crippen molar-refractivity contribution < 1.29 is 33.8 Å². The van der Waals surface area contributed by atoms with Crippen LogP contribution in [-0.2, 0) is 19.1 Å². The average Bonchev–Trinajstić information content (AvgIpc) is 2.69. The number of thioether (sulfide) groups is 1. The molecule has 11 heteroatoms. The Kier molecular flexibility index (Phi) is 5.47. The molecule has 2 amide bonds. The highest BCUT2D eigenvalue weighted by molar-refractivity contribution is 8.01. The molecule has 2 fully saturated rings. The molecule has 10 nitrogen and oxygen atoms in total. The fourth-order valence-electron chi connectivity index (χ4n) is 3.23. The summed E-state index contributed by atoms with van der Waals surface area (Å²) in [5.74, 6) is -1.88. The highest BCUT2D eigenvalue weighted by Crippen LogP contribution is 2.47. The molecule has 2 saturated heterocycles. The molecule has 5 N–H and O–H groups in total. The smallest absolute Gasteiger partial charge is 0.404 e. The summed E-state index contributed by atoms with van der Waals surface area (Å²) in [6, 6.07) is 7.74. The molecule has 1 aromatic rings. The Labute approximate surface area is 164 Å². The van der Waals surface area contributed by atoms with Crippen molar-refractivity contribution in [3.05, 3.63) is 30.3 Å². The summed E-state index contributed by atoms with van der Waals surface area (Å²) in [5, 5.41) is 8.21. The molecule has 0 radical (unpaired) electrons. The molecule has 28 heavy (non-hydrogen) atoms. The van der Waals surface area contributed by atoms with E-state index in [0.29, 0.717) is 5.75 Å². The van der Waals surface area contributed by atoms with Crippen LogP contribution in [0.15, 0.2) is 30.3 Å². The Morgan fingerprint density at radius 3 is 2.57 bits per heavy atom. The lowest BCUT2D eigenvalue weighted by molar-refractivity contribution is -0.163. The number of carbonyl (C=O) groups is 4. The fraction of sp³-hybridized carbons (Fsp3) is 0.412. The van der Waals surface area contributed by atoms with Gasteiger partial charge in [-0.2, -0.15) is 0 Å². The summed E-state index contributed by atoms with van der Waals surface area (Å²) < 4.78 is 10.2. The lowest BCUT2D eigenvalue weighted by Gasteiger charge is -2.55. The van der Waals surface area contributed by atoms with Crippen LogP contribution in [0.5, 0.6) is 5.75 Å². The number of carboxylic acids is 1. The molecule has 0 saturated carbocycles. The first kappa shape index (κ1) is 20.0. The fourth-order valence-corrected chi connectivity index (χ4v) is 4.84. The number of amides is 2. The van der Waals surface area contributed by atoms with Crippen LogP contribution in [-0.4, -0.2) is 70.2 Å². The number of nitrogens with zero attached hydrogens (tertiary/aromatic N) is 1. The molecule has 0 aromatic heterocycles. The van der Waals surface area contributed by atoms with Crippen LogP contribution in [0.2, 0.25) is 0 Å². The van der Waals surface area contributed by atoms with Gasteiger partial charge < -0.3 is 30.9 Å². The first-order chi connectivity index (χ1) is 13.3. The molecule has 3 rings (SSSR count). The van der Waals surface area contributed by atoms with Gasteiger partial charge in [0.05, 0.1) is 5.25 Å². The van der Waals surface area contributed by atoms with Gasteiger partial charge in [0.1, 0.15) is 35.8 Å². The Balaban J connectivity index is 1.84. The van der Waals surface area contributed by atoms with Crippen molar-refractivity contribution >= 4 is 35.5 Å². The molecule has 0 spiro atoms. The zero-order valence-electron chi connectivity index (χ0n) is 14.6. The summed E-state index contributed by atoms with van der Waals surface area (Å²) in [6.07, 6.45) is -1.17. The maximum atomic E-state index is 12.9. The summed E-state index contributed by atoms with van der Waals surface area (Å²) in [5.41, 5.74) is 8.90. The predicted molar refractivity (Wildman–Crippen MR) is 97.4 cm³/mol. The van der Waals surface area contributed by atoms with Crippen molar-refractivity contribution in [2.45, 2.75) is 16.7 Å². The SMILES string of the molecule is NC(=O)OCC1(C(=O)O)CN2C(=O)C(N)[C@H]2SC1C(=O)COc1ccccc1. The quantitative estimate of drug-likeness (QED) is 0.500. The van der Waals surface area contributed by atoms with E-state index >= 15 is 0 Å². The number of carbonyl (C=O) groups excluding carboxylic acids is 3. The summed E-state index contributed by atoms with van der Waals surface area (Å²) in [7, 11) is 0. The van der Waals surface area contributed by atoms with E-state index in [0.717, 1.165) is 11.8 Å². The summed E-state index contributed by atoms with van der Waals surface area (Å²) in [4.78, 5) is 49.3. The molecule has 1 aromatic carbocycles. The van der Waals surface area contributed by atoms with Gasteiger partial charge in [-0.15, -0.1) is 11.8 Å². The third-order valence-electron chi connectivity index (χ3n) is 4.73. The largest absolute Gasteiger partial charge is 0.486 e. The van der Waals surface area contributed by atoms with Crippen molar-refractivity contribution in [3.63, 3.8) is 0 Å². The number of hydrogen-bond donors (Lipinski definition) is 3. The number of rotatable bonds is 7. The first-order valence-electron chi connectivity index (χ1n) is 8.34. The highest BCUT2D eigenvalue weighted by Gasteiger charge is 2.62. The third-order valence-corrected chi connectivity index (χ3v) is 6.54. The summed E-state index contributed by atoms with van der Waals surface area (Å²) >= 11 is 0.961. The van der Waals surface area contributed by atoms with E-state index in [1.807, 2.05) is 0 Å². The molecular weight excluding hydrogens is 390 g/mol. The molecule has 4 atom stereocenters. The number of benzene rings is 1. The maximum absolute atomic E-state index is 12.9. The number of carboxylic acid groups (broad SMARTS) is 1.